The zero-order chi connectivity index (χ0) is 11.5. The van der Waals surface area contributed by atoms with Crippen LogP contribution in [0.2, 0.25) is 0 Å². The van der Waals surface area contributed by atoms with Gasteiger partial charge in [-0.1, -0.05) is 24.3 Å². The van der Waals surface area contributed by atoms with E-state index in [0.717, 1.165) is 16.8 Å². The van der Waals surface area contributed by atoms with Gasteiger partial charge >= 0.3 is 0 Å². The van der Waals surface area contributed by atoms with Gasteiger partial charge < -0.3 is 16.2 Å². The molecule has 4 N–H and O–H groups in total. The first-order valence-electron chi connectivity index (χ1n) is 5.01. The molecule has 0 unspecified atom stereocenters. The average molecular weight is 214 g/mol. The second-order valence-corrected chi connectivity index (χ2v) is 3.55. The van der Waals surface area contributed by atoms with Crippen molar-refractivity contribution in [3.8, 4) is 16.9 Å². The van der Waals surface area contributed by atoms with E-state index in [-0.39, 0.29) is 0 Å². The van der Waals surface area contributed by atoms with Gasteiger partial charge in [0.25, 0.3) is 0 Å². The van der Waals surface area contributed by atoms with Gasteiger partial charge in [0, 0.05) is 11.3 Å². The molecule has 0 aromatic heterocycles. The van der Waals surface area contributed by atoms with Crippen LogP contribution in [0.4, 0.5) is 11.4 Å². The van der Waals surface area contributed by atoms with Crippen LogP contribution in [0.25, 0.3) is 11.1 Å². The third kappa shape index (κ3) is 1.80. The molecule has 0 spiro atoms. The Balaban J connectivity index is 2.55. The summed E-state index contributed by atoms with van der Waals surface area (Å²) >= 11 is 0. The molecular formula is C13H14N2O. The first-order valence-corrected chi connectivity index (χ1v) is 5.01. The van der Waals surface area contributed by atoms with E-state index < -0.39 is 0 Å². The Kier molecular flexibility index (Phi) is 2.68. The molecule has 0 radical (unpaired) electrons. The van der Waals surface area contributed by atoms with Crippen LogP contribution in [0.3, 0.4) is 0 Å². The number of hydrogen-bond acceptors (Lipinski definition) is 3. The van der Waals surface area contributed by atoms with E-state index in [2.05, 4.69) is 0 Å². The summed E-state index contributed by atoms with van der Waals surface area (Å²) in [7, 11) is 1.62. The highest BCUT2D eigenvalue weighted by Crippen LogP contribution is 2.34. The minimum atomic E-state index is 0.636. The molecule has 3 heteroatoms. The van der Waals surface area contributed by atoms with E-state index >= 15 is 0 Å². The van der Waals surface area contributed by atoms with E-state index in [9.17, 15) is 0 Å². The zero-order valence-electron chi connectivity index (χ0n) is 9.10. The standard InChI is InChI=1S/C13H14N2O/c1-16-13-11(3-2-4-12(13)15)9-5-7-10(14)8-6-9/h2-8H,14-15H2,1H3. The van der Waals surface area contributed by atoms with Crippen LogP contribution in [-0.4, -0.2) is 7.11 Å². The van der Waals surface area contributed by atoms with E-state index in [0.29, 0.717) is 11.4 Å². The molecule has 2 aromatic rings. The fourth-order valence-electron chi connectivity index (χ4n) is 1.67. The lowest BCUT2D eigenvalue weighted by Crippen LogP contribution is -1.94. The van der Waals surface area contributed by atoms with Crippen molar-refractivity contribution >= 4 is 11.4 Å². The molecule has 0 aliphatic carbocycles. The second kappa shape index (κ2) is 4.14. The van der Waals surface area contributed by atoms with Crippen LogP contribution in [0.1, 0.15) is 0 Å². The highest BCUT2D eigenvalue weighted by atomic mass is 16.5. The number of ether oxygens (including phenoxy) is 1. The van der Waals surface area contributed by atoms with Gasteiger partial charge in [-0.25, -0.2) is 0 Å². The minimum Gasteiger partial charge on any atom is -0.494 e. The van der Waals surface area contributed by atoms with Gasteiger partial charge in [-0.2, -0.15) is 0 Å². The summed E-state index contributed by atoms with van der Waals surface area (Å²) in [5, 5.41) is 0. The SMILES string of the molecule is COc1c(N)cccc1-c1ccc(N)cc1. The summed E-state index contributed by atoms with van der Waals surface area (Å²) in [5.74, 6) is 0.701. The summed E-state index contributed by atoms with van der Waals surface area (Å²) < 4.78 is 5.30. The Labute approximate surface area is 94.6 Å². The van der Waals surface area contributed by atoms with Gasteiger partial charge in [-0.05, 0) is 23.8 Å². The Bertz CT molecular complexity index is 492. The van der Waals surface area contributed by atoms with Crippen LogP contribution in [0.5, 0.6) is 5.75 Å². The quantitative estimate of drug-likeness (QED) is 0.755. The number of methoxy groups -OCH3 is 1. The molecule has 0 saturated heterocycles. The highest BCUT2D eigenvalue weighted by Gasteiger charge is 2.07. The van der Waals surface area contributed by atoms with Crippen LogP contribution in [0.15, 0.2) is 42.5 Å². The molecule has 3 nitrogen and oxygen atoms in total. The van der Waals surface area contributed by atoms with Crippen molar-refractivity contribution in [3.63, 3.8) is 0 Å². The van der Waals surface area contributed by atoms with Gasteiger partial charge in [-0.15, -0.1) is 0 Å². The van der Waals surface area contributed by atoms with Gasteiger partial charge in [0.1, 0.15) is 5.75 Å². The van der Waals surface area contributed by atoms with Crippen LogP contribution in [0, 0.1) is 0 Å². The molecular weight excluding hydrogens is 200 g/mol. The number of nitrogens with two attached hydrogens (primary N) is 2. The molecule has 0 fully saturated rings. The van der Waals surface area contributed by atoms with E-state index in [1.807, 2.05) is 42.5 Å². The fraction of sp³-hybridized carbons (Fsp3) is 0.0769. The molecule has 0 heterocycles. The minimum absolute atomic E-state index is 0.636. The second-order valence-electron chi connectivity index (χ2n) is 3.55. The Hall–Kier alpha value is -2.16. The van der Waals surface area contributed by atoms with E-state index in [1.165, 1.54) is 0 Å². The number of para-hydroxylation sites is 1. The first-order chi connectivity index (χ1) is 7.72. The Morgan fingerprint density at radius 2 is 1.62 bits per heavy atom. The highest BCUT2D eigenvalue weighted by molar-refractivity contribution is 5.77. The third-order valence-electron chi connectivity index (χ3n) is 2.47. The number of anilines is 2. The molecule has 0 amide bonds. The Morgan fingerprint density at radius 3 is 2.25 bits per heavy atom. The van der Waals surface area contributed by atoms with Crippen molar-refractivity contribution in [3.05, 3.63) is 42.5 Å². The predicted molar refractivity (Wildman–Crippen MR) is 67.3 cm³/mol. The van der Waals surface area contributed by atoms with Crippen molar-refractivity contribution in [2.45, 2.75) is 0 Å². The smallest absolute Gasteiger partial charge is 0.149 e. The largest absolute Gasteiger partial charge is 0.494 e. The summed E-state index contributed by atoms with van der Waals surface area (Å²) in [4.78, 5) is 0. The molecule has 2 aromatic carbocycles. The van der Waals surface area contributed by atoms with Crippen LogP contribution >= 0.6 is 0 Å². The van der Waals surface area contributed by atoms with Gasteiger partial charge in [0.2, 0.25) is 0 Å². The molecule has 0 bridgehead atoms. The summed E-state index contributed by atoms with van der Waals surface area (Å²) in [6, 6.07) is 13.3. The average Bonchev–Trinajstić information content (AvgIpc) is 2.30. The summed E-state index contributed by atoms with van der Waals surface area (Å²) in [6.45, 7) is 0. The first kappa shape index (κ1) is 10.4. The molecule has 0 aliphatic heterocycles. The van der Waals surface area contributed by atoms with E-state index in [1.54, 1.807) is 7.11 Å². The normalized spacial score (nSPS) is 10.1. The van der Waals surface area contributed by atoms with Crippen molar-refractivity contribution in [1.82, 2.24) is 0 Å². The van der Waals surface area contributed by atoms with E-state index in [4.69, 9.17) is 16.2 Å². The molecule has 82 valence electrons. The molecule has 2 rings (SSSR count). The predicted octanol–water partition coefficient (Wildman–Crippen LogP) is 2.53. The lowest BCUT2D eigenvalue weighted by atomic mass is 10.0. The lowest BCUT2D eigenvalue weighted by molar-refractivity contribution is 0.418. The molecule has 0 atom stereocenters. The topological polar surface area (TPSA) is 61.3 Å². The molecule has 0 aliphatic rings. The van der Waals surface area contributed by atoms with Crippen molar-refractivity contribution < 1.29 is 4.74 Å². The van der Waals surface area contributed by atoms with Crippen molar-refractivity contribution in [2.24, 2.45) is 0 Å². The fourth-order valence-corrected chi connectivity index (χ4v) is 1.67. The zero-order valence-corrected chi connectivity index (χ0v) is 9.10. The Morgan fingerprint density at radius 1 is 0.938 bits per heavy atom. The number of hydrogen-bond donors (Lipinski definition) is 2. The summed E-state index contributed by atoms with van der Waals surface area (Å²) in [5.41, 5.74) is 14.9. The van der Waals surface area contributed by atoms with Gasteiger partial charge in [0.05, 0.1) is 12.8 Å². The van der Waals surface area contributed by atoms with Gasteiger partial charge in [-0.3, -0.25) is 0 Å². The molecule has 16 heavy (non-hydrogen) atoms. The number of benzene rings is 2. The van der Waals surface area contributed by atoms with Crippen LogP contribution < -0.4 is 16.2 Å². The van der Waals surface area contributed by atoms with Gasteiger partial charge in [0.15, 0.2) is 0 Å². The maximum Gasteiger partial charge on any atom is 0.149 e. The molecule has 0 saturated carbocycles. The number of rotatable bonds is 2. The van der Waals surface area contributed by atoms with Crippen LogP contribution in [-0.2, 0) is 0 Å². The maximum atomic E-state index is 5.85. The maximum absolute atomic E-state index is 5.85. The monoisotopic (exact) mass is 214 g/mol. The third-order valence-corrected chi connectivity index (χ3v) is 2.47. The lowest BCUT2D eigenvalue weighted by Gasteiger charge is -2.11. The number of nitrogen functional groups attached to an aromatic ring is 2. The van der Waals surface area contributed by atoms with Crippen molar-refractivity contribution in [1.29, 1.82) is 0 Å². The summed E-state index contributed by atoms with van der Waals surface area (Å²) in [6.07, 6.45) is 0. The van der Waals surface area contributed by atoms with Crippen molar-refractivity contribution in [2.75, 3.05) is 18.6 Å².